The van der Waals surface area contributed by atoms with Crippen molar-refractivity contribution in [2.24, 2.45) is 0 Å². The third-order valence-corrected chi connectivity index (χ3v) is 10.2. The van der Waals surface area contributed by atoms with E-state index in [0.717, 1.165) is 11.1 Å². The van der Waals surface area contributed by atoms with Gasteiger partial charge in [-0.15, -0.1) is 0 Å². The molecular formula is C42H46N6O7. The van der Waals surface area contributed by atoms with E-state index in [4.69, 9.17) is 9.47 Å². The second-order valence-corrected chi connectivity index (χ2v) is 13.8. The van der Waals surface area contributed by atoms with Crippen LogP contribution < -0.4 is 29.9 Å². The number of likely N-dealkylation sites (N-methyl/N-ethyl adjacent to an activating group) is 2. The van der Waals surface area contributed by atoms with Gasteiger partial charge < -0.3 is 39.7 Å². The fourth-order valence-corrected chi connectivity index (χ4v) is 7.02. The minimum atomic E-state index is -1.20. The molecule has 6 rings (SSSR count). The highest BCUT2D eigenvalue weighted by Gasteiger charge is 2.62. The molecule has 1 aliphatic carbocycles. The van der Waals surface area contributed by atoms with Gasteiger partial charge in [-0.3, -0.25) is 19.2 Å². The van der Waals surface area contributed by atoms with Crippen LogP contribution in [0.2, 0.25) is 0 Å². The number of hydrogen-bond acceptors (Lipinski definition) is 7. The first-order chi connectivity index (χ1) is 26.5. The number of carbonyl (C=O) groups excluding carboxylic acids is 5. The Balaban J connectivity index is 1.09. The molecule has 1 heterocycles. The molecule has 2 fully saturated rings. The van der Waals surface area contributed by atoms with E-state index in [-0.39, 0.29) is 50.3 Å². The van der Waals surface area contributed by atoms with Crippen molar-refractivity contribution in [3.8, 4) is 11.5 Å². The average molecular weight is 747 g/mol. The summed E-state index contributed by atoms with van der Waals surface area (Å²) in [7, 11) is 6.44. The largest absolute Gasteiger partial charge is 0.497 e. The van der Waals surface area contributed by atoms with Gasteiger partial charge in [0, 0.05) is 50.9 Å². The summed E-state index contributed by atoms with van der Waals surface area (Å²) in [5, 5.41) is 5.84. The molecule has 0 bridgehead atoms. The van der Waals surface area contributed by atoms with Crippen LogP contribution in [0.25, 0.3) is 0 Å². The lowest BCUT2D eigenvalue weighted by Crippen LogP contribution is -2.53. The Morgan fingerprint density at radius 3 is 1.78 bits per heavy atom. The van der Waals surface area contributed by atoms with Gasteiger partial charge in [-0.1, -0.05) is 60.7 Å². The molecule has 1 aliphatic heterocycles. The van der Waals surface area contributed by atoms with Crippen molar-refractivity contribution in [3.05, 3.63) is 120 Å². The van der Waals surface area contributed by atoms with E-state index in [9.17, 15) is 24.0 Å². The van der Waals surface area contributed by atoms with Crippen LogP contribution in [-0.2, 0) is 25.6 Å². The maximum atomic E-state index is 14.1. The minimum absolute atomic E-state index is 0.208. The number of nitrogens with zero attached hydrogens (tertiary/aromatic N) is 4. The van der Waals surface area contributed by atoms with E-state index in [2.05, 4.69) is 10.6 Å². The van der Waals surface area contributed by atoms with Gasteiger partial charge in [0.1, 0.15) is 36.2 Å². The summed E-state index contributed by atoms with van der Waals surface area (Å²) in [5.41, 5.74) is 1.85. The van der Waals surface area contributed by atoms with Crippen LogP contribution in [0.5, 0.6) is 11.5 Å². The number of rotatable bonds is 15. The molecule has 0 unspecified atom stereocenters. The zero-order valence-electron chi connectivity index (χ0n) is 31.4. The lowest BCUT2D eigenvalue weighted by Gasteiger charge is -2.27. The molecule has 4 aromatic rings. The molecule has 4 aromatic carbocycles. The smallest absolute Gasteiger partial charge is 0.321 e. The van der Waals surface area contributed by atoms with Crippen molar-refractivity contribution in [1.82, 2.24) is 20.4 Å². The summed E-state index contributed by atoms with van der Waals surface area (Å²) >= 11 is 0. The molecule has 6 amide bonds. The van der Waals surface area contributed by atoms with Gasteiger partial charge in [-0.05, 0) is 66.1 Å². The number of carbonyl (C=O) groups is 5. The maximum absolute atomic E-state index is 14.1. The number of methoxy groups -OCH3 is 2. The number of urea groups is 1. The van der Waals surface area contributed by atoms with E-state index >= 15 is 0 Å². The molecule has 1 saturated carbocycles. The van der Waals surface area contributed by atoms with E-state index in [1.807, 2.05) is 60.7 Å². The fourth-order valence-electron chi connectivity index (χ4n) is 7.02. The number of hydrogen-bond donors (Lipinski definition) is 2. The normalized spacial score (nSPS) is 17.9. The monoisotopic (exact) mass is 746 g/mol. The first-order valence-corrected chi connectivity index (χ1v) is 18.1. The summed E-state index contributed by atoms with van der Waals surface area (Å²) < 4.78 is 10.5. The molecule has 55 heavy (non-hydrogen) atoms. The zero-order chi connectivity index (χ0) is 39.1. The topological polar surface area (TPSA) is 141 Å². The number of nitrogens with one attached hydrogen (secondary N) is 2. The average Bonchev–Trinajstić information content (AvgIpc) is 3.85. The summed E-state index contributed by atoms with van der Waals surface area (Å²) in [4.78, 5) is 74.1. The summed E-state index contributed by atoms with van der Waals surface area (Å²) in [6, 6.07) is 31.6. The highest BCUT2D eigenvalue weighted by molar-refractivity contribution is 6.06. The van der Waals surface area contributed by atoms with Gasteiger partial charge >= 0.3 is 6.03 Å². The first-order valence-electron chi connectivity index (χ1n) is 18.1. The Labute approximate surface area is 320 Å². The lowest BCUT2D eigenvalue weighted by atomic mass is 10.0. The van der Waals surface area contributed by atoms with Crippen LogP contribution >= 0.6 is 0 Å². The SMILES string of the molecule is COc1ccc(N(C)C(=O)[C@H](Cc2ccccc2)NC(=O)CN2CCN(CC(=O)N[C@]3(C(=O)N(C)c4ccc(OC)cc4)C[C@@H]3c3ccccc3)C2=O)cc1. The number of benzene rings is 4. The van der Waals surface area contributed by atoms with Gasteiger partial charge in [0.05, 0.1) is 14.2 Å². The van der Waals surface area contributed by atoms with Crippen molar-refractivity contribution in [2.45, 2.75) is 30.3 Å². The molecule has 13 heteroatoms. The van der Waals surface area contributed by atoms with Crippen molar-refractivity contribution < 1.29 is 33.4 Å². The third kappa shape index (κ3) is 8.72. The summed E-state index contributed by atoms with van der Waals surface area (Å²) in [6.07, 6.45) is 0.642. The van der Waals surface area contributed by atoms with Crippen molar-refractivity contribution >= 4 is 41.0 Å². The highest BCUT2D eigenvalue weighted by atomic mass is 16.5. The number of ether oxygens (including phenoxy) is 2. The summed E-state index contributed by atoms with van der Waals surface area (Å²) in [6.45, 7) is -0.172. The lowest BCUT2D eigenvalue weighted by molar-refractivity contribution is -0.128. The van der Waals surface area contributed by atoms with Crippen molar-refractivity contribution in [3.63, 3.8) is 0 Å². The van der Waals surface area contributed by atoms with Crippen LogP contribution in [0.15, 0.2) is 109 Å². The zero-order valence-corrected chi connectivity index (χ0v) is 31.4. The van der Waals surface area contributed by atoms with E-state index < -0.39 is 29.4 Å². The minimum Gasteiger partial charge on any atom is -0.497 e. The third-order valence-electron chi connectivity index (χ3n) is 10.2. The molecule has 286 valence electrons. The van der Waals surface area contributed by atoms with Crippen LogP contribution in [-0.4, -0.2) is 106 Å². The molecule has 0 radical (unpaired) electrons. The van der Waals surface area contributed by atoms with Crippen molar-refractivity contribution in [2.75, 3.05) is 64.3 Å². The van der Waals surface area contributed by atoms with Gasteiger partial charge in [0.15, 0.2) is 0 Å². The Hall–Kier alpha value is -6.37. The van der Waals surface area contributed by atoms with Gasteiger partial charge in [-0.2, -0.15) is 0 Å². The molecule has 0 aromatic heterocycles. The Kier molecular flexibility index (Phi) is 11.7. The second-order valence-electron chi connectivity index (χ2n) is 13.8. The Morgan fingerprint density at radius 1 is 0.727 bits per heavy atom. The highest BCUT2D eigenvalue weighted by Crippen LogP contribution is 2.52. The molecule has 1 saturated heterocycles. The van der Waals surface area contributed by atoms with Gasteiger partial charge in [0.2, 0.25) is 17.7 Å². The second kappa shape index (κ2) is 16.8. The van der Waals surface area contributed by atoms with Crippen LogP contribution in [0, 0.1) is 0 Å². The first kappa shape index (κ1) is 38.4. The molecule has 2 N–H and O–H groups in total. The molecule has 0 spiro atoms. The van der Waals surface area contributed by atoms with E-state index in [1.165, 1.54) is 19.6 Å². The predicted molar refractivity (Wildman–Crippen MR) is 208 cm³/mol. The van der Waals surface area contributed by atoms with Crippen LogP contribution in [0.4, 0.5) is 16.2 Å². The van der Waals surface area contributed by atoms with E-state index in [1.54, 1.807) is 76.8 Å². The van der Waals surface area contributed by atoms with Gasteiger partial charge in [0.25, 0.3) is 5.91 Å². The number of anilines is 2. The predicted octanol–water partition coefficient (Wildman–Crippen LogP) is 3.84. The molecule has 13 nitrogen and oxygen atoms in total. The standard InChI is InChI=1S/C42H46N6O7/c1-45(31-15-19-33(54-3)20-16-31)39(51)36(25-29-11-7-5-8-12-29)43-37(49)27-47-23-24-48(41(47)53)28-38(50)44-42(26-35(42)30-13-9-6-10-14-30)40(52)46(2)32-17-21-34(55-4)22-18-32/h5-22,35-36H,23-28H2,1-4H3,(H,43,49)(H,44,50)/t35-,36+,42-/m1/s1. The van der Waals surface area contributed by atoms with Crippen LogP contribution in [0.1, 0.15) is 23.5 Å². The molecular weight excluding hydrogens is 700 g/mol. The maximum Gasteiger partial charge on any atom is 0.321 e. The summed E-state index contributed by atoms with van der Waals surface area (Å²) in [5.74, 6) is -0.547. The Bertz CT molecular complexity index is 1990. The number of amides is 6. The van der Waals surface area contributed by atoms with Crippen molar-refractivity contribution in [1.29, 1.82) is 0 Å². The Morgan fingerprint density at radius 2 is 1.24 bits per heavy atom. The molecule has 2 aliphatic rings. The van der Waals surface area contributed by atoms with Gasteiger partial charge in [-0.25, -0.2) is 4.79 Å². The fraction of sp³-hybridized carbons (Fsp3) is 0.310. The molecule has 3 atom stereocenters. The quantitative estimate of drug-likeness (QED) is 0.189. The van der Waals surface area contributed by atoms with E-state index in [0.29, 0.717) is 29.3 Å². The van der Waals surface area contributed by atoms with Crippen LogP contribution in [0.3, 0.4) is 0 Å².